The third-order valence-corrected chi connectivity index (χ3v) is 5.41. The van der Waals surface area contributed by atoms with Gasteiger partial charge in [-0.15, -0.1) is 11.6 Å². The van der Waals surface area contributed by atoms with Gasteiger partial charge in [0.05, 0.1) is 13.3 Å². The van der Waals surface area contributed by atoms with Crippen molar-refractivity contribution in [2.75, 3.05) is 39.4 Å². The van der Waals surface area contributed by atoms with Gasteiger partial charge in [0, 0.05) is 12.4 Å². The van der Waals surface area contributed by atoms with E-state index in [0.29, 0.717) is 25.8 Å². The van der Waals surface area contributed by atoms with Gasteiger partial charge in [0.15, 0.2) is 0 Å². The lowest BCUT2D eigenvalue weighted by molar-refractivity contribution is 0.0450. The topological polar surface area (TPSA) is 21.7 Å². The van der Waals surface area contributed by atoms with Crippen molar-refractivity contribution in [1.82, 2.24) is 4.90 Å². The number of nitrogens with zero attached hydrogens (tertiary/aromatic N) is 1. The van der Waals surface area contributed by atoms with Gasteiger partial charge in [0.2, 0.25) is 0 Å². The van der Waals surface area contributed by atoms with E-state index in [9.17, 15) is 0 Å². The van der Waals surface area contributed by atoms with Gasteiger partial charge < -0.3 is 9.47 Å². The number of hydrogen-bond donors (Lipinski definition) is 0. The molecule has 0 aliphatic rings. The average Bonchev–Trinajstić information content (AvgIpc) is 2.84. The molecule has 4 heteroatoms. The summed E-state index contributed by atoms with van der Waals surface area (Å²) in [4.78, 5) is 2.07. The maximum atomic E-state index is 5.96. The molecule has 168 valence electrons. The van der Waals surface area contributed by atoms with Gasteiger partial charge in [0.25, 0.3) is 0 Å². The molecule has 0 saturated carbocycles. The fourth-order valence-corrected chi connectivity index (χ4v) is 3.77. The predicted octanol–water partition coefficient (Wildman–Crippen LogP) is 6.58. The van der Waals surface area contributed by atoms with Crippen molar-refractivity contribution in [1.29, 1.82) is 0 Å². The second-order valence-corrected chi connectivity index (χ2v) is 8.00. The fourth-order valence-electron chi connectivity index (χ4n) is 3.66. The lowest BCUT2D eigenvalue weighted by Gasteiger charge is -2.18. The van der Waals surface area contributed by atoms with Crippen LogP contribution in [-0.2, 0) is 4.74 Å². The van der Waals surface area contributed by atoms with Crippen LogP contribution in [-0.4, -0.2) is 44.3 Å². The number of ether oxygens (including phenoxy) is 2. The molecule has 0 atom stereocenters. The van der Waals surface area contributed by atoms with Gasteiger partial charge >= 0.3 is 0 Å². The van der Waals surface area contributed by atoms with Crippen molar-refractivity contribution in [3.05, 3.63) is 102 Å². The highest BCUT2D eigenvalue weighted by Gasteiger charge is 2.13. The highest BCUT2D eigenvalue weighted by atomic mass is 35.5. The lowest BCUT2D eigenvalue weighted by Crippen LogP contribution is -2.27. The Bertz CT molecular complexity index is 956. The number of alkyl halides is 1. The number of rotatable bonds is 12. The number of halogens is 1. The Morgan fingerprint density at radius 1 is 0.781 bits per heavy atom. The summed E-state index contributed by atoms with van der Waals surface area (Å²) in [5.74, 6) is 1.38. The van der Waals surface area contributed by atoms with Crippen LogP contribution < -0.4 is 4.74 Å². The molecule has 0 heterocycles. The van der Waals surface area contributed by atoms with Crippen LogP contribution in [0.15, 0.2) is 84.9 Å². The number of hydrogen-bond acceptors (Lipinski definition) is 3. The van der Waals surface area contributed by atoms with E-state index in [2.05, 4.69) is 96.8 Å². The predicted molar refractivity (Wildman–Crippen MR) is 135 cm³/mol. The molecule has 0 amide bonds. The normalized spacial score (nSPS) is 12.0. The number of benzene rings is 3. The monoisotopic (exact) mass is 449 g/mol. The molecule has 0 bridgehead atoms. The molecular formula is C28H32ClNO2. The summed E-state index contributed by atoms with van der Waals surface area (Å²) in [5, 5.41) is 0. The quantitative estimate of drug-likeness (QED) is 0.135. The molecule has 3 nitrogen and oxygen atoms in total. The van der Waals surface area contributed by atoms with Gasteiger partial charge in [-0.25, -0.2) is 0 Å². The third-order valence-electron chi connectivity index (χ3n) is 5.26. The average molecular weight is 450 g/mol. The van der Waals surface area contributed by atoms with Crippen LogP contribution in [0.2, 0.25) is 0 Å². The van der Waals surface area contributed by atoms with Crippen molar-refractivity contribution in [3.63, 3.8) is 0 Å². The standard InChI is InChI=1S/C28H32ClNO2/c1-3-27(23-10-6-4-7-11-23)28(24-12-8-5-9-13-24)25-14-16-26(17-15-25)32-21-19-30(2)22-31-20-18-29/h4-17H,3,18-22H2,1-2H3/b28-27-. The van der Waals surface area contributed by atoms with Gasteiger partial charge in [-0.3, -0.25) is 4.90 Å². The van der Waals surface area contributed by atoms with Crippen LogP contribution in [0.5, 0.6) is 5.75 Å². The van der Waals surface area contributed by atoms with Crippen LogP contribution in [0, 0.1) is 0 Å². The molecular weight excluding hydrogens is 418 g/mol. The van der Waals surface area contributed by atoms with Gasteiger partial charge in [-0.1, -0.05) is 79.7 Å². The maximum absolute atomic E-state index is 5.96. The second kappa shape index (κ2) is 13.1. The SMILES string of the molecule is CC/C(=C(\c1ccccc1)c1ccc(OCCN(C)COCCCl)cc1)c1ccccc1. The first-order valence-corrected chi connectivity index (χ1v) is 11.7. The molecule has 3 aromatic carbocycles. The zero-order chi connectivity index (χ0) is 22.6. The van der Waals surface area contributed by atoms with E-state index in [1.807, 2.05) is 7.05 Å². The van der Waals surface area contributed by atoms with Crippen LogP contribution in [0.4, 0.5) is 0 Å². The molecule has 0 spiro atoms. The van der Waals surface area contributed by atoms with Gasteiger partial charge in [-0.2, -0.15) is 0 Å². The van der Waals surface area contributed by atoms with Gasteiger partial charge in [-0.05, 0) is 53.4 Å². The molecule has 0 aliphatic carbocycles. The second-order valence-electron chi connectivity index (χ2n) is 7.62. The molecule has 0 saturated heterocycles. The summed E-state index contributed by atoms with van der Waals surface area (Å²) < 4.78 is 11.4. The van der Waals surface area contributed by atoms with E-state index >= 15 is 0 Å². The van der Waals surface area contributed by atoms with E-state index in [1.54, 1.807) is 0 Å². The Hall–Kier alpha value is -2.59. The zero-order valence-corrected chi connectivity index (χ0v) is 19.7. The number of allylic oxidation sites excluding steroid dienone is 1. The van der Waals surface area contributed by atoms with E-state index in [1.165, 1.54) is 27.8 Å². The summed E-state index contributed by atoms with van der Waals surface area (Å²) in [6.45, 7) is 4.72. The van der Waals surface area contributed by atoms with E-state index < -0.39 is 0 Å². The molecule has 3 aromatic rings. The van der Waals surface area contributed by atoms with E-state index in [0.717, 1.165) is 18.7 Å². The minimum absolute atomic E-state index is 0.514. The highest BCUT2D eigenvalue weighted by molar-refractivity contribution is 6.17. The molecule has 3 rings (SSSR count). The van der Waals surface area contributed by atoms with E-state index in [4.69, 9.17) is 21.1 Å². The summed E-state index contributed by atoms with van der Waals surface area (Å²) in [5.41, 5.74) is 6.27. The summed E-state index contributed by atoms with van der Waals surface area (Å²) in [6.07, 6.45) is 0.949. The zero-order valence-electron chi connectivity index (χ0n) is 19.0. The van der Waals surface area contributed by atoms with Crippen LogP contribution in [0.25, 0.3) is 11.1 Å². The first-order valence-electron chi connectivity index (χ1n) is 11.1. The fraction of sp³-hybridized carbons (Fsp3) is 0.286. The Kier molecular flexibility index (Phi) is 9.83. The summed E-state index contributed by atoms with van der Waals surface area (Å²) in [6, 6.07) is 29.7. The molecule has 32 heavy (non-hydrogen) atoms. The first-order chi connectivity index (χ1) is 15.7. The van der Waals surface area contributed by atoms with Crippen LogP contribution >= 0.6 is 11.6 Å². The molecule has 0 aliphatic heterocycles. The third kappa shape index (κ3) is 6.96. The Balaban J connectivity index is 1.78. The molecule has 0 unspecified atom stereocenters. The number of likely N-dealkylation sites (N-methyl/N-ethyl adjacent to an activating group) is 1. The molecule has 0 radical (unpaired) electrons. The Labute approximate surface area is 197 Å². The minimum Gasteiger partial charge on any atom is -0.492 e. The Morgan fingerprint density at radius 3 is 1.97 bits per heavy atom. The van der Waals surface area contributed by atoms with Crippen LogP contribution in [0.3, 0.4) is 0 Å². The molecule has 0 N–H and O–H groups in total. The van der Waals surface area contributed by atoms with Crippen molar-refractivity contribution >= 4 is 22.7 Å². The molecule has 0 aromatic heterocycles. The van der Waals surface area contributed by atoms with E-state index in [-0.39, 0.29) is 0 Å². The lowest BCUT2D eigenvalue weighted by atomic mass is 9.88. The first kappa shape index (κ1) is 24.1. The summed E-state index contributed by atoms with van der Waals surface area (Å²) in [7, 11) is 2.01. The van der Waals surface area contributed by atoms with Crippen molar-refractivity contribution in [2.24, 2.45) is 0 Å². The smallest absolute Gasteiger partial charge is 0.119 e. The van der Waals surface area contributed by atoms with Crippen molar-refractivity contribution in [2.45, 2.75) is 13.3 Å². The largest absolute Gasteiger partial charge is 0.492 e. The van der Waals surface area contributed by atoms with Crippen molar-refractivity contribution in [3.8, 4) is 5.75 Å². The van der Waals surface area contributed by atoms with Gasteiger partial charge in [0.1, 0.15) is 12.4 Å². The summed E-state index contributed by atoms with van der Waals surface area (Å²) >= 11 is 5.64. The van der Waals surface area contributed by atoms with Crippen molar-refractivity contribution < 1.29 is 9.47 Å². The molecule has 0 fully saturated rings. The maximum Gasteiger partial charge on any atom is 0.119 e. The van der Waals surface area contributed by atoms with Crippen LogP contribution in [0.1, 0.15) is 30.0 Å². The Morgan fingerprint density at radius 2 is 1.38 bits per heavy atom. The highest BCUT2D eigenvalue weighted by Crippen LogP contribution is 2.34. The minimum atomic E-state index is 0.514.